The van der Waals surface area contributed by atoms with E-state index in [0.29, 0.717) is 145 Å². The maximum Gasteiger partial charge on any atom is 0.118 e. The zero-order valence-corrected chi connectivity index (χ0v) is 85.6. The average molecular weight is 1990 g/mol. The number of ether oxygens (including phenoxy) is 10. The van der Waals surface area contributed by atoms with E-state index >= 15 is 0 Å². The van der Waals surface area contributed by atoms with Crippen LogP contribution in [-0.2, 0) is 99.5 Å². The van der Waals surface area contributed by atoms with Crippen molar-refractivity contribution in [2.24, 2.45) is 0 Å². The normalized spacial score (nSPS) is 12.3. The average Bonchev–Trinajstić information content (AvgIpc) is 0.848. The first kappa shape index (κ1) is 118. The van der Waals surface area contributed by atoms with E-state index in [2.05, 4.69) is 86.2 Å². The van der Waals surface area contributed by atoms with Crippen molar-refractivity contribution in [3.05, 3.63) is 264 Å². The summed E-state index contributed by atoms with van der Waals surface area (Å²) in [7, 11) is 0. The first-order chi connectivity index (χ1) is 64.2. The maximum absolute atomic E-state index is 10.4. The summed E-state index contributed by atoms with van der Waals surface area (Å²) < 4.78 is 56.9. The van der Waals surface area contributed by atoms with Gasteiger partial charge in [-0.25, -0.2) is 0 Å². The SMILES string of the molecule is CCO[C@@H](CNCCCCCCOCCOCc1c(Cl)cccc1Cl)c1ccc(C)c(CC)c1.CCO[C@@H](CNCCCCCCOCCOCc1c(Cl)cccc1Cl)c1ccc(O)c(CC)c1.CCc1cc([C@@H](O)CNCCCCCCOCCOCc2c(Cl)cccc2Cl)ccc1C.CCc1cc([C@@H](O)CNCCCCCCOCCOCc2c(Cl)cccc2Cl)ccc1O. The molecule has 0 bridgehead atoms. The molecule has 0 saturated heterocycles. The van der Waals surface area contributed by atoms with Gasteiger partial charge < -0.3 is 89.1 Å². The van der Waals surface area contributed by atoms with E-state index in [1.165, 1.54) is 40.7 Å². The Bertz CT molecular complexity index is 4000. The standard InChI is InChI=1S/C28H41Cl2NO3.C27H39Cl2NO4.C26H37Cl2NO3.C25H35Cl2NO4/c1-4-23-19-24(14-13-22(23)3)28(34-5-2)20-31-15-8-6-7-9-16-32-17-18-33-21-25-26(29)11-10-12-27(25)30;1-3-21-18-22(12-13-26(21)31)27(34-4-2)19-30-14-7-5-6-8-15-32-16-17-33-20-23-24(28)10-9-11-25(23)29;1-3-21-17-22(12-11-20(21)2)26(30)18-29-13-6-4-5-7-14-31-15-16-32-19-23-24(27)9-8-10-25(23)28;1-2-19-16-20(10-11-24(19)29)25(30)17-28-12-5-3-4-6-13-31-14-15-32-18-21-22(26)8-7-9-23(21)27/h10-14,19,28,31H,4-9,15-18,20-21H2,1-3H3;9-13,18,27,30-31H,3-8,14-17,19-20H2,1-2H3;8-12,17,26,29-30H,3-7,13-16,18-19H2,1-2H3;7-11,16,25,28-30H,2-6,12-15,17-18H2,1H3/t28-;27-;26-;25-/m0000/s1. The van der Waals surface area contributed by atoms with Crippen LogP contribution in [0.4, 0.5) is 0 Å². The van der Waals surface area contributed by atoms with Gasteiger partial charge in [0.2, 0.25) is 0 Å². The largest absolute Gasteiger partial charge is 0.508 e. The van der Waals surface area contributed by atoms with E-state index in [4.69, 9.17) is 140 Å². The number of aryl methyl sites for hydroxylation is 6. The van der Waals surface area contributed by atoms with E-state index < -0.39 is 12.2 Å². The van der Waals surface area contributed by atoms with Gasteiger partial charge in [-0.3, -0.25) is 0 Å². The molecule has 0 aliphatic rings. The van der Waals surface area contributed by atoms with Crippen LogP contribution >= 0.6 is 92.8 Å². The minimum atomic E-state index is -0.564. The molecule has 0 aliphatic carbocycles. The number of benzene rings is 8. The highest BCUT2D eigenvalue weighted by Crippen LogP contribution is 2.32. The molecule has 8 rings (SSSR count). The number of nitrogens with one attached hydrogen (secondary N) is 4. The lowest BCUT2D eigenvalue weighted by Crippen LogP contribution is -2.24. The van der Waals surface area contributed by atoms with E-state index in [1.54, 1.807) is 30.3 Å². The molecule has 0 aromatic heterocycles. The zero-order valence-electron chi connectivity index (χ0n) is 79.6. The summed E-state index contributed by atoms with van der Waals surface area (Å²) >= 11 is 49.0. The molecule has 0 radical (unpaired) electrons. The third-order valence-electron chi connectivity index (χ3n) is 22.4. The quantitative estimate of drug-likeness (QED) is 0.0166. The van der Waals surface area contributed by atoms with Crippen molar-refractivity contribution in [3.63, 3.8) is 0 Å². The number of hydrogen-bond donors (Lipinski definition) is 8. The lowest BCUT2D eigenvalue weighted by atomic mass is 10.00. The molecule has 0 unspecified atom stereocenters. The Hall–Kier alpha value is -4.96. The molecule has 0 amide bonds. The molecule has 0 spiro atoms. The minimum absolute atomic E-state index is 0.000427. The molecule has 0 fully saturated rings. The lowest BCUT2D eigenvalue weighted by molar-refractivity contribution is 0.0393. The number of aliphatic hydroxyl groups excluding tert-OH is 2. The van der Waals surface area contributed by atoms with Crippen LogP contribution in [0.2, 0.25) is 40.2 Å². The van der Waals surface area contributed by atoms with Gasteiger partial charge in [0.1, 0.15) is 11.5 Å². The van der Waals surface area contributed by atoms with Crippen molar-refractivity contribution in [1.29, 1.82) is 0 Å². The van der Waals surface area contributed by atoms with Crippen LogP contribution in [0.5, 0.6) is 11.5 Å². The Morgan fingerprint density at radius 2 is 0.500 bits per heavy atom. The van der Waals surface area contributed by atoms with Crippen molar-refractivity contribution < 1.29 is 67.8 Å². The van der Waals surface area contributed by atoms with Crippen molar-refractivity contribution in [3.8, 4) is 11.5 Å². The second kappa shape index (κ2) is 74.1. The lowest BCUT2D eigenvalue weighted by Gasteiger charge is -2.19. The van der Waals surface area contributed by atoms with Crippen LogP contribution in [0, 0.1) is 13.8 Å². The fourth-order valence-electron chi connectivity index (χ4n) is 14.4. The molecule has 18 nitrogen and oxygen atoms in total. The summed E-state index contributed by atoms with van der Waals surface area (Å²) in [5.74, 6) is 0.642. The topological polar surface area (TPSA) is 221 Å². The van der Waals surface area contributed by atoms with Crippen LogP contribution in [0.3, 0.4) is 0 Å². The summed E-state index contributed by atoms with van der Waals surface area (Å²) in [5, 5.41) is 59.1. The molecule has 8 aromatic rings. The molecule has 8 aromatic carbocycles. The van der Waals surface area contributed by atoms with Crippen LogP contribution < -0.4 is 21.3 Å². The summed E-state index contributed by atoms with van der Waals surface area (Å²) in [6, 6.07) is 45.8. The van der Waals surface area contributed by atoms with E-state index in [9.17, 15) is 20.4 Å². The van der Waals surface area contributed by atoms with Gasteiger partial charge in [0.05, 0.1) is 104 Å². The van der Waals surface area contributed by atoms with Crippen LogP contribution in [0.1, 0.15) is 247 Å². The Labute approximate surface area is 830 Å². The highest BCUT2D eigenvalue weighted by atomic mass is 35.5. The minimum Gasteiger partial charge on any atom is -0.508 e. The molecule has 132 heavy (non-hydrogen) atoms. The Morgan fingerprint density at radius 1 is 0.265 bits per heavy atom. The molecular formula is C106H152Cl8N4O14. The molecule has 8 N–H and O–H groups in total. The third-order valence-corrected chi connectivity index (χ3v) is 25.2. The van der Waals surface area contributed by atoms with Gasteiger partial charge in [-0.15, -0.1) is 0 Å². The summed E-state index contributed by atoms with van der Waals surface area (Å²) in [4.78, 5) is 0. The monoisotopic (exact) mass is 1980 g/mol. The fourth-order valence-corrected chi connectivity index (χ4v) is 16.4. The number of phenolic OH excluding ortho intramolecular Hbond substituents is 2. The molecule has 0 aliphatic heterocycles. The number of rotatable bonds is 68. The van der Waals surface area contributed by atoms with Gasteiger partial charge in [-0.05, 0) is 259 Å². The first-order valence-corrected chi connectivity index (χ1v) is 50.8. The Kier molecular flexibility index (Phi) is 66.0. The molecule has 26 heteroatoms. The van der Waals surface area contributed by atoms with Crippen molar-refractivity contribution >= 4 is 92.8 Å². The second-order valence-electron chi connectivity index (χ2n) is 32.4. The van der Waals surface area contributed by atoms with Gasteiger partial charge in [0, 0.05) is 128 Å². The van der Waals surface area contributed by atoms with Gasteiger partial charge >= 0.3 is 0 Å². The third kappa shape index (κ3) is 49.6. The van der Waals surface area contributed by atoms with Crippen LogP contribution in [-0.4, -0.2) is 165 Å². The molecule has 4 atom stereocenters. The molecule has 0 saturated carbocycles. The zero-order chi connectivity index (χ0) is 95.6. The smallest absolute Gasteiger partial charge is 0.118 e. The predicted octanol–water partition coefficient (Wildman–Crippen LogP) is 26.0. The highest BCUT2D eigenvalue weighted by Gasteiger charge is 2.18. The first-order valence-electron chi connectivity index (χ1n) is 47.8. The maximum atomic E-state index is 10.4. The molecule has 0 heterocycles. The van der Waals surface area contributed by atoms with Crippen molar-refractivity contribution in [1.82, 2.24) is 21.3 Å². The highest BCUT2D eigenvalue weighted by molar-refractivity contribution is 6.37. The summed E-state index contributed by atoms with van der Waals surface area (Å²) in [6.45, 7) is 33.5. The number of unbranched alkanes of at least 4 members (excludes halogenated alkanes) is 12. The number of halogens is 8. The Morgan fingerprint density at radius 3 is 0.788 bits per heavy atom. The summed E-state index contributed by atoms with van der Waals surface area (Å²) in [5.41, 5.74) is 14.7. The Balaban J connectivity index is 0.000000312. The van der Waals surface area contributed by atoms with Gasteiger partial charge in [-0.1, -0.05) is 245 Å². The van der Waals surface area contributed by atoms with Crippen molar-refractivity contribution in [2.75, 3.05) is 145 Å². The number of aromatic hydroxyl groups is 2. The van der Waals surface area contributed by atoms with Crippen LogP contribution in [0.25, 0.3) is 0 Å². The number of aliphatic hydroxyl groups is 2. The van der Waals surface area contributed by atoms with E-state index in [-0.39, 0.29) is 18.0 Å². The van der Waals surface area contributed by atoms with Gasteiger partial charge in [0.15, 0.2) is 0 Å². The number of phenols is 2. The number of hydrogen-bond acceptors (Lipinski definition) is 18. The summed E-state index contributed by atoms with van der Waals surface area (Å²) in [6.07, 6.45) is 20.5. The van der Waals surface area contributed by atoms with Crippen LogP contribution in [0.15, 0.2) is 146 Å². The second-order valence-corrected chi connectivity index (χ2v) is 35.7. The molecule has 736 valence electrons. The van der Waals surface area contributed by atoms with E-state index in [1.807, 2.05) is 106 Å². The van der Waals surface area contributed by atoms with Crippen molar-refractivity contribution in [2.45, 2.75) is 235 Å². The fraction of sp³-hybridized carbons (Fsp3) is 0.547. The predicted molar refractivity (Wildman–Crippen MR) is 548 cm³/mol. The van der Waals surface area contributed by atoms with Gasteiger partial charge in [-0.2, -0.15) is 0 Å². The molecular weight excluding hydrogens is 1840 g/mol. The van der Waals surface area contributed by atoms with E-state index in [0.717, 1.165) is 238 Å². The van der Waals surface area contributed by atoms with Gasteiger partial charge in [0.25, 0.3) is 0 Å².